The van der Waals surface area contributed by atoms with Crippen LogP contribution in [0.15, 0.2) is 48.5 Å². The Kier molecular flexibility index (Phi) is 4.09. The predicted octanol–water partition coefficient (Wildman–Crippen LogP) is 3.48. The number of nitrogens with one attached hydrogen (secondary N) is 1. The number of nitrogens with zero attached hydrogens (tertiary/aromatic N) is 1. The van der Waals surface area contributed by atoms with Crippen LogP contribution in [-0.2, 0) is 19.5 Å². The molecule has 22 heavy (non-hydrogen) atoms. The smallest absolute Gasteiger partial charge is 0.318 e. The van der Waals surface area contributed by atoms with Gasteiger partial charge in [0, 0.05) is 19.1 Å². The van der Waals surface area contributed by atoms with Crippen LogP contribution < -0.4 is 5.32 Å². The summed E-state index contributed by atoms with van der Waals surface area (Å²) in [6.45, 7) is 2.97. The van der Waals surface area contributed by atoms with Gasteiger partial charge in [0.1, 0.15) is 5.82 Å². The van der Waals surface area contributed by atoms with Crippen molar-refractivity contribution in [2.24, 2.45) is 0 Å². The van der Waals surface area contributed by atoms with Crippen molar-refractivity contribution in [3.8, 4) is 0 Å². The predicted molar refractivity (Wildman–Crippen MR) is 83.8 cm³/mol. The molecule has 1 N–H and O–H groups in total. The number of carbonyl (C=O) groups excluding carboxylic acids is 1. The molecule has 4 heteroatoms. The van der Waals surface area contributed by atoms with Gasteiger partial charge in [-0.05, 0) is 42.2 Å². The van der Waals surface area contributed by atoms with Gasteiger partial charge in [0.25, 0.3) is 0 Å². The summed E-state index contributed by atoms with van der Waals surface area (Å²) in [6, 6.07) is 14.6. The third kappa shape index (κ3) is 3.11. The third-order valence-electron chi connectivity index (χ3n) is 4.10. The van der Waals surface area contributed by atoms with Crippen LogP contribution in [0.5, 0.6) is 0 Å². The van der Waals surface area contributed by atoms with E-state index in [9.17, 15) is 9.18 Å². The first-order valence-corrected chi connectivity index (χ1v) is 7.49. The van der Waals surface area contributed by atoms with Gasteiger partial charge >= 0.3 is 6.03 Å². The maximum atomic E-state index is 13.4. The molecule has 1 aliphatic heterocycles. The lowest BCUT2D eigenvalue weighted by Gasteiger charge is -2.35. The van der Waals surface area contributed by atoms with Crippen molar-refractivity contribution in [3.63, 3.8) is 0 Å². The zero-order valence-electron chi connectivity index (χ0n) is 12.6. The van der Waals surface area contributed by atoms with Crippen molar-refractivity contribution < 1.29 is 9.18 Å². The van der Waals surface area contributed by atoms with Crippen LogP contribution in [-0.4, -0.2) is 17.0 Å². The summed E-state index contributed by atoms with van der Waals surface area (Å²) in [5, 5.41) is 2.94. The quantitative estimate of drug-likeness (QED) is 0.904. The van der Waals surface area contributed by atoms with Crippen LogP contribution >= 0.6 is 0 Å². The van der Waals surface area contributed by atoms with Crippen molar-refractivity contribution in [1.82, 2.24) is 10.2 Å². The molecule has 0 aromatic heterocycles. The second-order valence-electron chi connectivity index (χ2n) is 5.74. The number of rotatable bonds is 2. The number of fused-ring (bicyclic) bond motifs is 1. The lowest BCUT2D eigenvalue weighted by molar-refractivity contribution is 0.168. The van der Waals surface area contributed by atoms with Crippen molar-refractivity contribution in [1.29, 1.82) is 0 Å². The average Bonchev–Trinajstić information content (AvgIpc) is 2.53. The van der Waals surface area contributed by atoms with Crippen LogP contribution in [0.2, 0.25) is 0 Å². The Labute approximate surface area is 129 Å². The summed E-state index contributed by atoms with van der Waals surface area (Å²) in [6.07, 6.45) is 0.758. The van der Waals surface area contributed by atoms with Crippen LogP contribution in [0.3, 0.4) is 0 Å². The van der Waals surface area contributed by atoms with E-state index in [0.29, 0.717) is 13.1 Å². The fourth-order valence-electron chi connectivity index (χ4n) is 2.86. The van der Waals surface area contributed by atoms with Crippen LogP contribution in [0.25, 0.3) is 0 Å². The molecule has 3 nitrogen and oxygen atoms in total. The second kappa shape index (κ2) is 6.18. The molecule has 1 heterocycles. The molecule has 2 aromatic rings. The van der Waals surface area contributed by atoms with Gasteiger partial charge < -0.3 is 10.2 Å². The molecular weight excluding hydrogens is 279 g/mol. The Bertz CT molecular complexity index is 672. The zero-order chi connectivity index (χ0) is 15.5. The van der Waals surface area contributed by atoms with E-state index in [2.05, 4.69) is 5.32 Å². The maximum Gasteiger partial charge on any atom is 0.318 e. The van der Waals surface area contributed by atoms with Crippen molar-refractivity contribution >= 4 is 6.03 Å². The zero-order valence-corrected chi connectivity index (χ0v) is 12.6. The highest BCUT2D eigenvalue weighted by atomic mass is 19.1. The van der Waals surface area contributed by atoms with Crippen molar-refractivity contribution in [3.05, 3.63) is 71.0 Å². The molecule has 2 amide bonds. The van der Waals surface area contributed by atoms with E-state index in [4.69, 9.17) is 0 Å². The highest BCUT2D eigenvalue weighted by molar-refractivity contribution is 5.75. The van der Waals surface area contributed by atoms with E-state index >= 15 is 0 Å². The molecule has 1 unspecified atom stereocenters. The lowest BCUT2D eigenvalue weighted by atomic mass is 9.95. The number of hydrogen-bond donors (Lipinski definition) is 1. The van der Waals surface area contributed by atoms with Gasteiger partial charge in [-0.15, -0.1) is 0 Å². The Morgan fingerprint density at radius 1 is 1.23 bits per heavy atom. The van der Waals surface area contributed by atoms with E-state index in [-0.39, 0.29) is 17.9 Å². The molecule has 3 rings (SSSR count). The lowest BCUT2D eigenvalue weighted by Crippen LogP contribution is -2.47. The van der Waals surface area contributed by atoms with Gasteiger partial charge in [-0.25, -0.2) is 9.18 Å². The number of amides is 2. The van der Waals surface area contributed by atoms with Crippen molar-refractivity contribution in [2.45, 2.75) is 32.5 Å². The topological polar surface area (TPSA) is 32.3 Å². The SMILES string of the molecule is CC1Cc2ccc(F)cc2CN1C(=O)NCc1ccccc1. The van der Waals surface area contributed by atoms with Gasteiger partial charge in [0.05, 0.1) is 0 Å². The van der Waals surface area contributed by atoms with Crippen molar-refractivity contribution in [2.75, 3.05) is 0 Å². The maximum absolute atomic E-state index is 13.4. The normalized spacial score (nSPS) is 17.0. The second-order valence-corrected chi connectivity index (χ2v) is 5.74. The standard InChI is InChI=1S/C18H19FN2O/c1-13-9-15-7-8-17(19)10-16(15)12-21(13)18(22)20-11-14-5-3-2-4-6-14/h2-8,10,13H,9,11-12H2,1H3,(H,20,22). The first-order valence-electron chi connectivity index (χ1n) is 7.49. The Morgan fingerprint density at radius 2 is 2.00 bits per heavy atom. The minimum Gasteiger partial charge on any atom is -0.334 e. The highest BCUT2D eigenvalue weighted by Crippen LogP contribution is 2.24. The first kappa shape index (κ1) is 14.6. The van der Waals surface area contributed by atoms with Gasteiger partial charge in [0.15, 0.2) is 0 Å². The van der Waals surface area contributed by atoms with Crippen LogP contribution in [0, 0.1) is 5.82 Å². The van der Waals surface area contributed by atoms with E-state index in [0.717, 1.165) is 23.1 Å². The van der Waals surface area contributed by atoms with E-state index in [1.807, 2.05) is 43.3 Å². The van der Waals surface area contributed by atoms with Gasteiger partial charge in [-0.1, -0.05) is 36.4 Å². The number of benzene rings is 2. The molecule has 0 fully saturated rings. The fraction of sp³-hybridized carbons (Fsp3) is 0.278. The monoisotopic (exact) mass is 298 g/mol. The Balaban J connectivity index is 1.68. The summed E-state index contributed by atoms with van der Waals surface area (Å²) >= 11 is 0. The van der Waals surface area contributed by atoms with E-state index < -0.39 is 0 Å². The highest BCUT2D eigenvalue weighted by Gasteiger charge is 2.26. The summed E-state index contributed by atoms with van der Waals surface area (Å²) in [7, 11) is 0. The third-order valence-corrected chi connectivity index (χ3v) is 4.10. The molecule has 0 aliphatic carbocycles. The number of urea groups is 1. The largest absolute Gasteiger partial charge is 0.334 e. The van der Waals surface area contributed by atoms with Crippen LogP contribution in [0.4, 0.5) is 9.18 Å². The molecule has 0 saturated carbocycles. The summed E-state index contributed by atoms with van der Waals surface area (Å²) < 4.78 is 13.4. The van der Waals surface area contributed by atoms with E-state index in [1.54, 1.807) is 4.90 Å². The summed E-state index contributed by atoms with van der Waals surface area (Å²) in [5.74, 6) is -0.252. The molecule has 1 atom stereocenters. The molecule has 114 valence electrons. The summed E-state index contributed by atoms with van der Waals surface area (Å²) in [5.41, 5.74) is 3.08. The molecule has 2 aromatic carbocycles. The van der Waals surface area contributed by atoms with Gasteiger partial charge in [-0.2, -0.15) is 0 Å². The molecular formula is C18H19FN2O. The number of hydrogen-bond acceptors (Lipinski definition) is 1. The fourth-order valence-corrected chi connectivity index (χ4v) is 2.86. The first-order chi connectivity index (χ1) is 10.6. The molecule has 0 bridgehead atoms. The molecule has 1 aliphatic rings. The minimum absolute atomic E-state index is 0.105. The minimum atomic E-state index is -0.252. The summed E-state index contributed by atoms with van der Waals surface area (Å²) in [4.78, 5) is 14.2. The molecule has 0 spiro atoms. The number of carbonyl (C=O) groups is 1. The van der Waals surface area contributed by atoms with E-state index in [1.165, 1.54) is 12.1 Å². The number of halogens is 1. The Morgan fingerprint density at radius 3 is 2.77 bits per heavy atom. The molecule has 0 saturated heterocycles. The Hall–Kier alpha value is -2.36. The van der Waals surface area contributed by atoms with Crippen LogP contribution in [0.1, 0.15) is 23.6 Å². The average molecular weight is 298 g/mol. The molecule has 0 radical (unpaired) electrons. The van der Waals surface area contributed by atoms with Gasteiger partial charge in [-0.3, -0.25) is 0 Å². The van der Waals surface area contributed by atoms with Gasteiger partial charge in [0.2, 0.25) is 0 Å².